The maximum atomic E-state index is 13.4. The molecule has 2 N–H and O–H groups in total. The predicted molar refractivity (Wildman–Crippen MR) is 97.4 cm³/mol. The van der Waals surface area contributed by atoms with E-state index >= 15 is 0 Å². The van der Waals surface area contributed by atoms with Crippen LogP contribution in [-0.2, 0) is 11.3 Å². The van der Waals surface area contributed by atoms with E-state index in [-0.39, 0.29) is 12.5 Å². The van der Waals surface area contributed by atoms with Crippen molar-refractivity contribution in [3.8, 4) is 11.4 Å². The lowest BCUT2D eigenvalue weighted by atomic mass is 10.1. The number of aromatic amines is 1. The van der Waals surface area contributed by atoms with Gasteiger partial charge in [-0.1, -0.05) is 29.8 Å². The Balaban J connectivity index is 1.86. The molecule has 25 heavy (non-hydrogen) atoms. The molecule has 0 bridgehead atoms. The molecule has 0 aliphatic rings. The maximum absolute atomic E-state index is 13.4. The zero-order chi connectivity index (χ0) is 18.0. The average Bonchev–Trinajstić information content (AvgIpc) is 2.92. The summed E-state index contributed by atoms with van der Waals surface area (Å²) in [5, 5.41) is 9.66. The Morgan fingerprint density at radius 3 is 2.84 bits per heavy atom. The highest BCUT2D eigenvalue weighted by Gasteiger charge is 2.13. The molecule has 0 spiro atoms. The maximum Gasteiger partial charge on any atom is 0.244 e. The molecule has 1 amide bonds. The Morgan fingerprint density at radius 1 is 1.28 bits per heavy atom. The molecule has 0 fully saturated rings. The van der Waals surface area contributed by atoms with Gasteiger partial charge in [0, 0.05) is 11.3 Å². The summed E-state index contributed by atoms with van der Waals surface area (Å²) in [5.41, 5.74) is 3.17. The van der Waals surface area contributed by atoms with Crippen molar-refractivity contribution in [1.82, 2.24) is 14.8 Å². The SMILES string of the molecule is Cc1cccc(-c2n[nH]c(=S)n2CC(=O)Nc2cc(F)ccc2C)c1. The van der Waals surface area contributed by atoms with Gasteiger partial charge in [0.25, 0.3) is 0 Å². The molecule has 7 heteroatoms. The van der Waals surface area contributed by atoms with Crippen LogP contribution in [0.3, 0.4) is 0 Å². The summed E-state index contributed by atoms with van der Waals surface area (Å²) >= 11 is 5.24. The Bertz CT molecular complexity index is 993. The van der Waals surface area contributed by atoms with Gasteiger partial charge in [-0.15, -0.1) is 0 Å². The van der Waals surface area contributed by atoms with Crippen molar-refractivity contribution in [2.45, 2.75) is 20.4 Å². The first-order chi connectivity index (χ1) is 11.9. The van der Waals surface area contributed by atoms with E-state index in [0.717, 1.165) is 16.7 Å². The monoisotopic (exact) mass is 356 g/mol. The van der Waals surface area contributed by atoms with Crippen molar-refractivity contribution in [3.05, 3.63) is 64.2 Å². The summed E-state index contributed by atoms with van der Waals surface area (Å²) in [4.78, 5) is 12.4. The molecule has 0 saturated carbocycles. The lowest BCUT2D eigenvalue weighted by Crippen LogP contribution is -2.20. The molecule has 128 valence electrons. The first kappa shape index (κ1) is 17.0. The van der Waals surface area contributed by atoms with Crippen LogP contribution in [0, 0.1) is 24.4 Å². The lowest BCUT2D eigenvalue weighted by molar-refractivity contribution is -0.116. The topological polar surface area (TPSA) is 62.7 Å². The molecule has 0 aliphatic carbocycles. The Kier molecular flexibility index (Phi) is 4.76. The van der Waals surface area contributed by atoms with Crippen LogP contribution in [0.5, 0.6) is 0 Å². The highest BCUT2D eigenvalue weighted by molar-refractivity contribution is 7.71. The van der Waals surface area contributed by atoms with Crippen LogP contribution >= 0.6 is 12.2 Å². The summed E-state index contributed by atoms with van der Waals surface area (Å²) in [5.74, 6) is -0.124. The highest BCUT2D eigenvalue weighted by atomic mass is 32.1. The minimum Gasteiger partial charge on any atom is -0.324 e. The Hall–Kier alpha value is -2.80. The number of carbonyl (C=O) groups excluding carboxylic acids is 1. The number of rotatable bonds is 4. The molecule has 3 rings (SSSR count). The minimum atomic E-state index is -0.402. The zero-order valence-corrected chi connectivity index (χ0v) is 14.7. The second-order valence-electron chi connectivity index (χ2n) is 5.82. The Morgan fingerprint density at radius 2 is 2.08 bits per heavy atom. The van der Waals surface area contributed by atoms with Crippen LogP contribution in [0.25, 0.3) is 11.4 Å². The van der Waals surface area contributed by atoms with Crippen molar-refractivity contribution in [2.75, 3.05) is 5.32 Å². The van der Waals surface area contributed by atoms with E-state index in [9.17, 15) is 9.18 Å². The van der Waals surface area contributed by atoms with Crippen molar-refractivity contribution >= 4 is 23.8 Å². The molecule has 2 aromatic carbocycles. The van der Waals surface area contributed by atoms with Crippen LogP contribution in [0.4, 0.5) is 10.1 Å². The Labute approximate surface area is 149 Å². The number of benzene rings is 2. The van der Waals surface area contributed by atoms with E-state index in [4.69, 9.17) is 12.2 Å². The van der Waals surface area contributed by atoms with Crippen molar-refractivity contribution < 1.29 is 9.18 Å². The summed E-state index contributed by atoms with van der Waals surface area (Å²) in [6.07, 6.45) is 0. The molecular formula is C18H17FN4OS. The molecule has 0 unspecified atom stereocenters. The van der Waals surface area contributed by atoms with E-state index in [1.165, 1.54) is 12.1 Å². The quantitative estimate of drug-likeness (QED) is 0.695. The summed E-state index contributed by atoms with van der Waals surface area (Å²) in [6, 6.07) is 12.0. The number of nitrogens with one attached hydrogen (secondary N) is 2. The lowest BCUT2D eigenvalue weighted by Gasteiger charge is -2.10. The number of hydrogen-bond acceptors (Lipinski definition) is 3. The van der Waals surface area contributed by atoms with Gasteiger partial charge in [0.05, 0.1) is 0 Å². The van der Waals surface area contributed by atoms with Gasteiger partial charge in [-0.3, -0.25) is 14.5 Å². The number of nitrogens with zero attached hydrogens (tertiary/aromatic N) is 2. The molecule has 1 aromatic heterocycles. The number of halogens is 1. The van der Waals surface area contributed by atoms with E-state index < -0.39 is 5.82 Å². The van der Waals surface area contributed by atoms with Crippen LogP contribution < -0.4 is 5.32 Å². The molecule has 0 radical (unpaired) electrons. The number of aryl methyl sites for hydroxylation is 2. The van der Waals surface area contributed by atoms with Gasteiger partial charge in [-0.05, 0) is 49.8 Å². The van der Waals surface area contributed by atoms with Gasteiger partial charge < -0.3 is 5.32 Å². The molecule has 5 nitrogen and oxygen atoms in total. The van der Waals surface area contributed by atoms with Crippen LogP contribution in [0.2, 0.25) is 0 Å². The largest absolute Gasteiger partial charge is 0.324 e. The fourth-order valence-electron chi connectivity index (χ4n) is 2.53. The summed E-state index contributed by atoms with van der Waals surface area (Å²) < 4.78 is 15.3. The van der Waals surface area contributed by atoms with Gasteiger partial charge in [0.1, 0.15) is 12.4 Å². The number of anilines is 1. The van der Waals surface area contributed by atoms with E-state index in [2.05, 4.69) is 15.5 Å². The smallest absolute Gasteiger partial charge is 0.244 e. The minimum absolute atomic E-state index is 0.0193. The fourth-order valence-corrected chi connectivity index (χ4v) is 2.73. The van der Waals surface area contributed by atoms with Gasteiger partial charge >= 0.3 is 0 Å². The normalized spacial score (nSPS) is 10.7. The third-order valence-electron chi connectivity index (χ3n) is 3.81. The molecular weight excluding hydrogens is 339 g/mol. The van der Waals surface area contributed by atoms with Gasteiger partial charge in [0.15, 0.2) is 10.6 Å². The third-order valence-corrected chi connectivity index (χ3v) is 4.12. The fraction of sp³-hybridized carbons (Fsp3) is 0.167. The summed E-state index contributed by atoms with van der Waals surface area (Å²) in [7, 11) is 0. The van der Waals surface area contributed by atoms with E-state index in [0.29, 0.717) is 16.3 Å². The molecule has 0 saturated heterocycles. The number of H-pyrrole nitrogens is 1. The zero-order valence-electron chi connectivity index (χ0n) is 13.8. The van der Waals surface area contributed by atoms with Crippen LogP contribution in [-0.4, -0.2) is 20.7 Å². The van der Waals surface area contributed by atoms with Gasteiger partial charge in [-0.2, -0.15) is 5.10 Å². The van der Waals surface area contributed by atoms with Gasteiger partial charge in [0.2, 0.25) is 5.91 Å². The number of carbonyl (C=O) groups is 1. The predicted octanol–water partition coefficient (Wildman–Crippen LogP) is 4.00. The molecule has 0 aliphatic heterocycles. The van der Waals surface area contributed by atoms with Crippen LogP contribution in [0.15, 0.2) is 42.5 Å². The number of hydrogen-bond donors (Lipinski definition) is 2. The standard InChI is InChI=1S/C18H17FN4OS/c1-11-4-3-5-13(8-11)17-21-22-18(25)23(17)10-16(24)20-15-9-14(19)7-6-12(15)2/h3-9H,10H2,1-2H3,(H,20,24)(H,22,25). The first-order valence-corrected chi connectivity index (χ1v) is 8.13. The second-order valence-corrected chi connectivity index (χ2v) is 6.20. The van der Waals surface area contributed by atoms with Crippen molar-refractivity contribution in [2.24, 2.45) is 0 Å². The van der Waals surface area contributed by atoms with E-state index in [1.54, 1.807) is 17.6 Å². The van der Waals surface area contributed by atoms with Crippen LogP contribution in [0.1, 0.15) is 11.1 Å². The molecule has 1 heterocycles. The van der Waals surface area contributed by atoms with Crippen molar-refractivity contribution in [3.63, 3.8) is 0 Å². The van der Waals surface area contributed by atoms with E-state index in [1.807, 2.05) is 31.2 Å². The number of amides is 1. The third kappa shape index (κ3) is 3.83. The average molecular weight is 356 g/mol. The van der Waals surface area contributed by atoms with Crippen molar-refractivity contribution in [1.29, 1.82) is 0 Å². The molecule has 0 atom stereocenters. The first-order valence-electron chi connectivity index (χ1n) is 7.72. The summed E-state index contributed by atoms with van der Waals surface area (Å²) in [6.45, 7) is 3.76. The van der Waals surface area contributed by atoms with Gasteiger partial charge in [-0.25, -0.2) is 4.39 Å². The second kappa shape index (κ2) is 6.98. The molecule has 3 aromatic rings. The number of aromatic nitrogens is 3. The highest BCUT2D eigenvalue weighted by Crippen LogP contribution is 2.19.